The number of methoxy groups -OCH3 is 1. The molecule has 1 amide bonds. The van der Waals surface area contributed by atoms with E-state index >= 15 is 0 Å². The number of hydrogen-bond acceptors (Lipinski definition) is 5. The molecule has 0 spiro atoms. The lowest BCUT2D eigenvalue weighted by atomic mass is 9.95. The molecule has 0 saturated heterocycles. The van der Waals surface area contributed by atoms with Crippen molar-refractivity contribution in [2.75, 3.05) is 17.7 Å². The first-order chi connectivity index (χ1) is 17.4. The van der Waals surface area contributed by atoms with Gasteiger partial charge in [0.1, 0.15) is 11.8 Å². The zero-order valence-corrected chi connectivity index (χ0v) is 21.4. The van der Waals surface area contributed by atoms with Gasteiger partial charge in [-0.15, -0.1) is 5.10 Å². The second-order valence-corrected chi connectivity index (χ2v) is 9.28. The molecular formula is C27H23Cl2N5O2. The van der Waals surface area contributed by atoms with Gasteiger partial charge in [-0.1, -0.05) is 71.2 Å². The van der Waals surface area contributed by atoms with Crippen molar-refractivity contribution >= 4 is 40.7 Å². The molecule has 4 aromatic rings. The number of rotatable bonds is 5. The number of carbonyl (C=O) groups excluding carboxylic acids is 1. The largest absolute Gasteiger partial charge is 0.495 e. The highest BCUT2D eigenvalue weighted by Crippen LogP contribution is 2.39. The summed E-state index contributed by atoms with van der Waals surface area (Å²) in [6.07, 6.45) is 0. The van der Waals surface area contributed by atoms with Gasteiger partial charge in [0, 0.05) is 11.3 Å². The van der Waals surface area contributed by atoms with Crippen molar-refractivity contribution in [2.45, 2.75) is 19.9 Å². The number of amides is 1. The Morgan fingerprint density at radius 1 is 1.03 bits per heavy atom. The molecule has 1 aliphatic heterocycles. The Morgan fingerprint density at radius 2 is 1.78 bits per heavy atom. The van der Waals surface area contributed by atoms with Crippen molar-refractivity contribution in [1.29, 1.82) is 0 Å². The van der Waals surface area contributed by atoms with Gasteiger partial charge >= 0.3 is 0 Å². The molecule has 0 radical (unpaired) electrons. The van der Waals surface area contributed by atoms with Crippen LogP contribution in [0.4, 0.5) is 11.6 Å². The van der Waals surface area contributed by atoms with Crippen LogP contribution in [0.2, 0.25) is 10.0 Å². The molecule has 0 fully saturated rings. The number of fused-ring (bicyclic) bond motifs is 1. The molecule has 0 bridgehead atoms. The second-order valence-electron chi connectivity index (χ2n) is 8.46. The summed E-state index contributed by atoms with van der Waals surface area (Å²) in [6.45, 7) is 3.86. The van der Waals surface area contributed by atoms with E-state index in [1.165, 1.54) is 0 Å². The minimum absolute atomic E-state index is 0.307. The SMILES string of the molecule is COc1ccccc1NC(=O)C1=C(C)Nc2nc(-c3ccc(C)cc3)nn2C1c1ccc(Cl)c(Cl)c1. The number of hydrogen-bond donors (Lipinski definition) is 2. The van der Waals surface area contributed by atoms with Crippen LogP contribution in [-0.4, -0.2) is 27.8 Å². The summed E-state index contributed by atoms with van der Waals surface area (Å²) in [4.78, 5) is 18.4. The lowest BCUT2D eigenvalue weighted by molar-refractivity contribution is -0.113. The lowest BCUT2D eigenvalue weighted by Gasteiger charge is -2.29. The first-order valence-electron chi connectivity index (χ1n) is 11.3. The highest BCUT2D eigenvalue weighted by atomic mass is 35.5. The summed E-state index contributed by atoms with van der Waals surface area (Å²) >= 11 is 12.6. The molecule has 36 heavy (non-hydrogen) atoms. The average molecular weight is 520 g/mol. The van der Waals surface area contributed by atoms with Crippen molar-refractivity contribution in [2.24, 2.45) is 0 Å². The summed E-state index contributed by atoms with van der Waals surface area (Å²) in [7, 11) is 1.56. The highest BCUT2D eigenvalue weighted by molar-refractivity contribution is 6.42. The van der Waals surface area contributed by atoms with E-state index in [2.05, 4.69) is 10.6 Å². The Labute approximate surface area is 218 Å². The van der Waals surface area contributed by atoms with Gasteiger partial charge in [0.25, 0.3) is 5.91 Å². The first-order valence-corrected chi connectivity index (χ1v) is 12.0. The van der Waals surface area contributed by atoms with Gasteiger partial charge in [-0.25, -0.2) is 4.68 Å². The van der Waals surface area contributed by atoms with Crippen molar-refractivity contribution in [3.63, 3.8) is 0 Å². The van der Waals surface area contributed by atoms with Crippen LogP contribution in [0.25, 0.3) is 11.4 Å². The molecule has 9 heteroatoms. The van der Waals surface area contributed by atoms with Crippen LogP contribution in [0.1, 0.15) is 24.1 Å². The number of ether oxygens (including phenoxy) is 1. The van der Waals surface area contributed by atoms with E-state index in [0.717, 1.165) is 16.7 Å². The van der Waals surface area contributed by atoms with E-state index in [1.54, 1.807) is 36.1 Å². The summed E-state index contributed by atoms with van der Waals surface area (Å²) in [5.41, 5.74) is 4.43. The number of para-hydroxylation sites is 2. The van der Waals surface area contributed by atoms with E-state index in [9.17, 15) is 4.79 Å². The summed E-state index contributed by atoms with van der Waals surface area (Å²) < 4.78 is 7.12. The molecule has 1 aromatic heterocycles. The number of nitrogens with zero attached hydrogens (tertiary/aromatic N) is 3. The molecule has 5 rings (SSSR count). The summed E-state index contributed by atoms with van der Waals surface area (Å²) in [5, 5.41) is 11.8. The molecular weight excluding hydrogens is 497 g/mol. The average Bonchev–Trinajstić information content (AvgIpc) is 3.29. The molecule has 1 aliphatic rings. The number of carbonyl (C=O) groups is 1. The number of anilines is 2. The number of aromatic nitrogens is 3. The Hall–Kier alpha value is -3.81. The van der Waals surface area contributed by atoms with Gasteiger partial charge in [-0.2, -0.15) is 4.98 Å². The normalized spacial score (nSPS) is 14.8. The Morgan fingerprint density at radius 3 is 2.50 bits per heavy atom. The van der Waals surface area contributed by atoms with Gasteiger partial charge < -0.3 is 15.4 Å². The maximum atomic E-state index is 13.7. The van der Waals surface area contributed by atoms with Crippen LogP contribution in [-0.2, 0) is 4.79 Å². The van der Waals surface area contributed by atoms with E-state index in [0.29, 0.717) is 44.5 Å². The topological polar surface area (TPSA) is 81.1 Å². The van der Waals surface area contributed by atoms with Crippen LogP contribution in [0.5, 0.6) is 5.75 Å². The highest BCUT2D eigenvalue weighted by Gasteiger charge is 2.35. The molecule has 0 saturated carbocycles. The minimum Gasteiger partial charge on any atom is -0.495 e. The van der Waals surface area contributed by atoms with Crippen LogP contribution in [0.3, 0.4) is 0 Å². The molecule has 1 unspecified atom stereocenters. The quantitative estimate of drug-likeness (QED) is 0.314. The summed E-state index contributed by atoms with van der Waals surface area (Å²) in [5.74, 6) is 1.32. The fraction of sp³-hybridized carbons (Fsp3) is 0.148. The maximum Gasteiger partial charge on any atom is 0.255 e. The van der Waals surface area contributed by atoms with Crippen molar-refractivity contribution in [1.82, 2.24) is 14.8 Å². The zero-order valence-electron chi connectivity index (χ0n) is 19.8. The van der Waals surface area contributed by atoms with Gasteiger partial charge in [0.05, 0.1) is 28.4 Å². The third-order valence-electron chi connectivity index (χ3n) is 6.02. The van der Waals surface area contributed by atoms with Gasteiger partial charge in [-0.3, -0.25) is 4.79 Å². The fourth-order valence-electron chi connectivity index (χ4n) is 4.20. The number of halogens is 2. The molecule has 0 aliphatic carbocycles. The fourth-order valence-corrected chi connectivity index (χ4v) is 4.50. The Balaban J connectivity index is 1.61. The van der Waals surface area contributed by atoms with E-state index in [1.807, 2.05) is 56.3 Å². The number of aryl methyl sites for hydroxylation is 1. The lowest BCUT2D eigenvalue weighted by Crippen LogP contribution is -2.31. The molecule has 7 nitrogen and oxygen atoms in total. The number of allylic oxidation sites excluding steroid dienone is 1. The minimum atomic E-state index is -0.600. The molecule has 1 atom stereocenters. The molecule has 2 N–H and O–H groups in total. The molecule has 182 valence electrons. The van der Waals surface area contributed by atoms with Crippen molar-refractivity contribution in [3.8, 4) is 17.1 Å². The maximum absolute atomic E-state index is 13.7. The predicted octanol–water partition coefficient (Wildman–Crippen LogP) is 6.50. The van der Waals surface area contributed by atoms with Crippen LogP contribution in [0, 0.1) is 6.92 Å². The predicted molar refractivity (Wildman–Crippen MR) is 143 cm³/mol. The first kappa shape index (κ1) is 23.9. The third-order valence-corrected chi connectivity index (χ3v) is 6.76. The Bertz CT molecular complexity index is 1490. The van der Waals surface area contributed by atoms with Crippen molar-refractivity contribution in [3.05, 3.63) is 99.2 Å². The smallest absolute Gasteiger partial charge is 0.255 e. The third kappa shape index (κ3) is 4.43. The van der Waals surface area contributed by atoms with Gasteiger partial charge in [0.15, 0.2) is 5.82 Å². The monoisotopic (exact) mass is 519 g/mol. The van der Waals surface area contributed by atoms with Crippen LogP contribution in [0.15, 0.2) is 78.0 Å². The number of nitrogens with one attached hydrogen (secondary N) is 2. The zero-order chi connectivity index (χ0) is 25.4. The van der Waals surface area contributed by atoms with E-state index in [-0.39, 0.29) is 5.91 Å². The number of benzene rings is 3. The van der Waals surface area contributed by atoms with Gasteiger partial charge in [0.2, 0.25) is 5.95 Å². The standard InChI is InChI=1S/C27H23Cl2N5O2/c1-15-8-10-17(11-9-15)25-32-27-30-16(2)23(26(35)31-21-6-4-5-7-22(21)36-3)24(34(27)33-25)18-12-13-19(28)20(29)14-18/h4-14,24H,1-3H3,(H,31,35)(H,30,32,33). The molecule has 2 heterocycles. The second kappa shape index (κ2) is 9.68. The van der Waals surface area contributed by atoms with E-state index < -0.39 is 6.04 Å². The summed E-state index contributed by atoms with van der Waals surface area (Å²) in [6, 6.07) is 19.9. The van der Waals surface area contributed by atoms with Gasteiger partial charge in [-0.05, 0) is 43.7 Å². The Kier molecular flexibility index (Phi) is 6.43. The van der Waals surface area contributed by atoms with E-state index in [4.69, 9.17) is 38.0 Å². The van der Waals surface area contributed by atoms with Crippen LogP contribution >= 0.6 is 23.2 Å². The van der Waals surface area contributed by atoms with Crippen molar-refractivity contribution < 1.29 is 9.53 Å². The molecule has 3 aromatic carbocycles. The van der Waals surface area contributed by atoms with Crippen LogP contribution < -0.4 is 15.4 Å².